The van der Waals surface area contributed by atoms with E-state index in [1.54, 1.807) is 24.3 Å². The Morgan fingerprint density at radius 3 is 2.63 bits per heavy atom. The maximum Gasteiger partial charge on any atom is 0.305 e. The number of hydrogen-bond acceptors (Lipinski definition) is 4. The highest BCUT2D eigenvalue weighted by Gasteiger charge is 2.17. The molecule has 0 saturated carbocycles. The van der Waals surface area contributed by atoms with Crippen LogP contribution in [0.2, 0.25) is 0 Å². The van der Waals surface area contributed by atoms with Crippen LogP contribution in [0.3, 0.4) is 0 Å². The van der Waals surface area contributed by atoms with Gasteiger partial charge in [0.15, 0.2) is 0 Å². The van der Waals surface area contributed by atoms with Crippen molar-refractivity contribution in [1.82, 2.24) is 0 Å². The zero-order valence-corrected chi connectivity index (χ0v) is 11.0. The van der Waals surface area contributed by atoms with E-state index in [1.807, 2.05) is 0 Å². The van der Waals surface area contributed by atoms with E-state index in [2.05, 4.69) is 0 Å². The highest BCUT2D eigenvalue weighted by molar-refractivity contribution is 5.94. The first-order valence-electron chi connectivity index (χ1n) is 5.73. The number of nitrogens with zero attached hydrogens (tertiary/aromatic N) is 1. The minimum Gasteiger partial charge on any atom is -0.497 e. The van der Waals surface area contributed by atoms with Crippen molar-refractivity contribution in [3.05, 3.63) is 24.3 Å². The number of ether oxygens (including phenoxy) is 2. The molecule has 0 atom stereocenters. The normalized spacial score (nSPS) is 10.0. The molecule has 0 aliphatic heterocycles. The minimum atomic E-state index is -0.960. The van der Waals surface area contributed by atoms with Gasteiger partial charge < -0.3 is 19.5 Å². The molecule has 19 heavy (non-hydrogen) atoms. The van der Waals surface area contributed by atoms with E-state index in [0.29, 0.717) is 11.4 Å². The fourth-order valence-corrected chi connectivity index (χ4v) is 1.59. The summed E-state index contributed by atoms with van der Waals surface area (Å²) >= 11 is 0. The molecule has 0 unspecified atom stereocenters. The van der Waals surface area contributed by atoms with Crippen molar-refractivity contribution >= 4 is 17.6 Å². The summed E-state index contributed by atoms with van der Waals surface area (Å²) in [5, 5.41) is 8.73. The van der Waals surface area contributed by atoms with Crippen molar-refractivity contribution in [2.75, 3.05) is 32.3 Å². The smallest absolute Gasteiger partial charge is 0.305 e. The van der Waals surface area contributed by atoms with E-state index >= 15 is 0 Å². The first kappa shape index (κ1) is 15.0. The van der Waals surface area contributed by atoms with E-state index in [-0.39, 0.29) is 25.5 Å². The summed E-state index contributed by atoms with van der Waals surface area (Å²) in [5.74, 6) is -0.654. The third-order valence-corrected chi connectivity index (χ3v) is 2.48. The molecule has 0 aliphatic rings. The van der Waals surface area contributed by atoms with Gasteiger partial charge >= 0.3 is 5.97 Å². The van der Waals surface area contributed by atoms with Gasteiger partial charge in [0.2, 0.25) is 0 Å². The Morgan fingerprint density at radius 1 is 1.32 bits per heavy atom. The lowest BCUT2D eigenvalue weighted by molar-refractivity contribution is -0.136. The van der Waals surface area contributed by atoms with Gasteiger partial charge in [-0.25, -0.2) is 0 Å². The number of anilines is 1. The van der Waals surface area contributed by atoms with Crippen molar-refractivity contribution in [3.63, 3.8) is 0 Å². The molecule has 0 radical (unpaired) electrons. The number of carboxylic acid groups (broad SMARTS) is 1. The van der Waals surface area contributed by atoms with E-state index in [1.165, 1.54) is 19.1 Å². The molecular formula is C13H17NO5. The molecule has 0 fully saturated rings. The van der Waals surface area contributed by atoms with E-state index in [9.17, 15) is 9.59 Å². The molecule has 6 heteroatoms. The van der Waals surface area contributed by atoms with E-state index in [0.717, 1.165) is 0 Å². The second-order valence-electron chi connectivity index (χ2n) is 3.82. The number of carbonyl (C=O) groups excluding carboxylic acids is 1. The van der Waals surface area contributed by atoms with Crippen LogP contribution in [-0.2, 0) is 14.3 Å². The predicted molar refractivity (Wildman–Crippen MR) is 69.5 cm³/mol. The SMILES string of the molecule is COCC(=O)N(CCC(=O)O)c1cccc(OC)c1. The lowest BCUT2D eigenvalue weighted by atomic mass is 10.2. The standard InChI is InChI=1S/C13H17NO5/c1-18-9-12(15)14(7-6-13(16)17)10-4-3-5-11(8-10)19-2/h3-5,8H,6-7,9H2,1-2H3,(H,16,17). The highest BCUT2D eigenvalue weighted by atomic mass is 16.5. The molecule has 0 aromatic heterocycles. The molecule has 1 aromatic rings. The molecule has 0 saturated heterocycles. The summed E-state index contributed by atoms with van der Waals surface area (Å²) in [6.07, 6.45) is -0.132. The van der Waals surface area contributed by atoms with Crippen molar-refractivity contribution in [2.45, 2.75) is 6.42 Å². The Morgan fingerprint density at radius 2 is 2.05 bits per heavy atom. The lowest BCUT2D eigenvalue weighted by Gasteiger charge is -2.22. The number of hydrogen-bond donors (Lipinski definition) is 1. The van der Waals surface area contributed by atoms with Gasteiger partial charge in [0.05, 0.1) is 13.5 Å². The van der Waals surface area contributed by atoms with Crippen LogP contribution in [0.5, 0.6) is 5.75 Å². The maximum absolute atomic E-state index is 11.9. The summed E-state index contributed by atoms with van der Waals surface area (Å²) < 4.78 is 9.88. The molecular weight excluding hydrogens is 250 g/mol. The zero-order chi connectivity index (χ0) is 14.3. The Bertz CT molecular complexity index is 446. The van der Waals surface area contributed by atoms with Crippen LogP contribution in [-0.4, -0.2) is 44.4 Å². The molecule has 0 heterocycles. The van der Waals surface area contributed by atoms with Gasteiger partial charge in [-0.3, -0.25) is 9.59 Å². The average molecular weight is 267 g/mol. The van der Waals surface area contributed by atoms with E-state index in [4.69, 9.17) is 14.6 Å². The van der Waals surface area contributed by atoms with Gasteiger partial charge in [0, 0.05) is 25.4 Å². The van der Waals surface area contributed by atoms with Crippen molar-refractivity contribution in [3.8, 4) is 5.75 Å². The van der Waals surface area contributed by atoms with Crippen LogP contribution in [0, 0.1) is 0 Å². The monoisotopic (exact) mass is 267 g/mol. The van der Waals surface area contributed by atoms with Crippen LogP contribution >= 0.6 is 0 Å². The summed E-state index contributed by atoms with van der Waals surface area (Å²) in [4.78, 5) is 23.9. The fraction of sp³-hybridized carbons (Fsp3) is 0.385. The number of rotatable bonds is 7. The summed E-state index contributed by atoms with van der Waals surface area (Å²) in [7, 11) is 2.94. The van der Waals surface area contributed by atoms with Gasteiger partial charge in [0.1, 0.15) is 12.4 Å². The number of carboxylic acids is 1. The molecule has 6 nitrogen and oxygen atoms in total. The van der Waals surface area contributed by atoms with Gasteiger partial charge in [-0.2, -0.15) is 0 Å². The molecule has 1 amide bonds. The maximum atomic E-state index is 11.9. The fourth-order valence-electron chi connectivity index (χ4n) is 1.59. The van der Waals surface area contributed by atoms with Crippen molar-refractivity contribution < 1.29 is 24.2 Å². The second-order valence-corrected chi connectivity index (χ2v) is 3.82. The van der Waals surface area contributed by atoms with Crippen molar-refractivity contribution in [1.29, 1.82) is 0 Å². The van der Waals surface area contributed by atoms with Gasteiger partial charge in [-0.05, 0) is 12.1 Å². The van der Waals surface area contributed by atoms with Crippen molar-refractivity contribution in [2.24, 2.45) is 0 Å². The topological polar surface area (TPSA) is 76.1 Å². The second kappa shape index (κ2) is 7.38. The predicted octanol–water partition coefficient (Wildman–Crippen LogP) is 1.15. The molecule has 1 N–H and O–H groups in total. The van der Waals surface area contributed by atoms with Gasteiger partial charge in [-0.1, -0.05) is 6.07 Å². The number of amides is 1. The van der Waals surface area contributed by atoms with Gasteiger partial charge in [0.25, 0.3) is 5.91 Å². The molecule has 1 rings (SSSR count). The Balaban J connectivity index is 2.92. The summed E-state index contributed by atoms with van der Waals surface area (Å²) in [6, 6.07) is 6.88. The number of methoxy groups -OCH3 is 2. The number of benzene rings is 1. The molecule has 0 spiro atoms. The lowest BCUT2D eigenvalue weighted by Crippen LogP contribution is -2.35. The van der Waals surface area contributed by atoms with Crippen LogP contribution < -0.4 is 9.64 Å². The molecule has 0 bridgehead atoms. The Kier molecular flexibility index (Phi) is 5.81. The minimum absolute atomic E-state index is 0.0880. The Hall–Kier alpha value is -2.08. The first-order valence-corrected chi connectivity index (χ1v) is 5.73. The summed E-state index contributed by atoms with van der Waals surface area (Å²) in [6.45, 7) is -0.0124. The Labute approximate surface area is 111 Å². The quantitative estimate of drug-likeness (QED) is 0.802. The molecule has 0 aliphatic carbocycles. The molecule has 104 valence electrons. The first-order chi connectivity index (χ1) is 9.08. The van der Waals surface area contributed by atoms with E-state index < -0.39 is 5.97 Å². The summed E-state index contributed by atoms with van der Waals surface area (Å²) in [5.41, 5.74) is 0.586. The van der Waals surface area contributed by atoms with Gasteiger partial charge in [-0.15, -0.1) is 0 Å². The zero-order valence-electron chi connectivity index (χ0n) is 11.0. The molecule has 1 aromatic carbocycles. The van der Waals surface area contributed by atoms with Crippen LogP contribution in [0.25, 0.3) is 0 Å². The third kappa shape index (κ3) is 4.59. The van der Waals surface area contributed by atoms with Crippen LogP contribution in [0.15, 0.2) is 24.3 Å². The largest absolute Gasteiger partial charge is 0.497 e. The average Bonchev–Trinajstić information content (AvgIpc) is 2.39. The third-order valence-electron chi connectivity index (χ3n) is 2.48. The van der Waals surface area contributed by atoms with Crippen LogP contribution in [0.4, 0.5) is 5.69 Å². The number of carbonyl (C=O) groups is 2. The number of aliphatic carboxylic acids is 1. The highest BCUT2D eigenvalue weighted by Crippen LogP contribution is 2.21. The van der Waals surface area contributed by atoms with Crippen LogP contribution in [0.1, 0.15) is 6.42 Å².